The Balaban J connectivity index is 1.79. The lowest BCUT2D eigenvalue weighted by Gasteiger charge is -2.29. The number of rotatable bonds is 5. The van der Waals surface area contributed by atoms with E-state index in [1.165, 1.54) is 27.9 Å². The highest BCUT2D eigenvalue weighted by Gasteiger charge is 2.24. The maximum absolute atomic E-state index is 6.53. The molecule has 0 spiro atoms. The Labute approximate surface area is 207 Å². The lowest BCUT2D eigenvalue weighted by atomic mass is 10.0. The van der Waals surface area contributed by atoms with Gasteiger partial charge in [0, 0.05) is 46.6 Å². The first-order valence-corrected chi connectivity index (χ1v) is 12.5. The summed E-state index contributed by atoms with van der Waals surface area (Å²) in [6, 6.07) is 10.2. The third kappa shape index (κ3) is 4.97. The second-order valence-corrected chi connectivity index (χ2v) is 9.86. The van der Waals surface area contributed by atoms with Crippen molar-refractivity contribution in [3.05, 3.63) is 73.9 Å². The second-order valence-electron chi connectivity index (χ2n) is 9.02. The molecule has 0 amide bonds. The predicted molar refractivity (Wildman–Crippen MR) is 141 cm³/mol. The van der Waals surface area contributed by atoms with Gasteiger partial charge in [-0.2, -0.15) is 4.98 Å². The summed E-state index contributed by atoms with van der Waals surface area (Å²) in [5.74, 6) is 1.79. The largest absolute Gasteiger partial charge is 0.352 e. The fourth-order valence-electron chi connectivity index (χ4n) is 4.96. The second kappa shape index (κ2) is 9.90. The zero-order chi connectivity index (χ0) is 23.7. The van der Waals surface area contributed by atoms with Gasteiger partial charge in [-0.3, -0.25) is 0 Å². The van der Waals surface area contributed by atoms with Crippen molar-refractivity contribution in [1.29, 1.82) is 0 Å². The summed E-state index contributed by atoms with van der Waals surface area (Å²) < 4.78 is 0. The number of fused-ring (bicyclic) bond motifs is 1. The van der Waals surface area contributed by atoms with Gasteiger partial charge in [0.2, 0.25) is 5.95 Å². The van der Waals surface area contributed by atoms with Crippen molar-refractivity contribution in [3.63, 3.8) is 0 Å². The normalized spacial score (nSPS) is 13.6. The minimum Gasteiger partial charge on any atom is -0.352 e. The van der Waals surface area contributed by atoms with Crippen LogP contribution in [-0.2, 0) is 13.0 Å². The van der Waals surface area contributed by atoms with Gasteiger partial charge in [0.1, 0.15) is 5.82 Å². The average molecular weight is 483 g/mol. The molecule has 33 heavy (non-hydrogen) atoms. The molecule has 1 aliphatic heterocycles. The first kappa shape index (κ1) is 23.8. The lowest BCUT2D eigenvalue weighted by molar-refractivity contribution is 0.710. The molecular weight excluding hydrogens is 451 g/mol. The van der Waals surface area contributed by atoms with Gasteiger partial charge in [-0.15, -0.1) is 0 Å². The molecule has 0 unspecified atom stereocenters. The van der Waals surface area contributed by atoms with Crippen molar-refractivity contribution < 1.29 is 0 Å². The van der Waals surface area contributed by atoms with E-state index < -0.39 is 0 Å². The molecule has 3 aromatic rings. The Morgan fingerprint density at radius 1 is 0.970 bits per heavy atom. The first-order valence-electron chi connectivity index (χ1n) is 11.7. The van der Waals surface area contributed by atoms with Crippen LogP contribution in [0.4, 0.5) is 17.5 Å². The molecule has 0 fully saturated rings. The minimum atomic E-state index is 0.655. The summed E-state index contributed by atoms with van der Waals surface area (Å²) in [5.41, 5.74) is 8.33. The van der Waals surface area contributed by atoms with Gasteiger partial charge in [-0.25, -0.2) is 4.98 Å². The highest BCUT2D eigenvalue weighted by Crippen LogP contribution is 2.35. The molecule has 0 N–H and O–H groups in total. The molecule has 2 aromatic carbocycles. The Kier molecular flexibility index (Phi) is 7.16. The summed E-state index contributed by atoms with van der Waals surface area (Å²) >= 11 is 12.7. The Morgan fingerprint density at radius 2 is 1.70 bits per heavy atom. The van der Waals surface area contributed by atoms with E-state index in [1.54, 1.807) is 0 Å². The molecule has 0 bridgehead atoms. The van der Waals surface area contributed by atoms with Crippen molar-refractivity contribution in [1.82, 2.24) is 9.97 Å². The molecule has 0 radical (unpaired) electrons. The summed E-state index contributed by atoms with van der Waals surface area (Å²) in [6.45, 7) is 13.2. The lowest BCUT2D eigenvalue weighted by Crippen LogP contribution is -2.27. The SMILES string of the molecule is CCN(c1nc(C)c2c(n1)N(Cc1ccc(Cl)cc1Cl)CCCC2)c1c(C)cc(C)cc1C. The number of benzene rings is 2. The molecule has 6 heteroatoms. The number of hydrogen-bond donors (Lipinski definition) is 0. The molecule has 0 aliphatic carbocycles. The maximum atomic E-state index is 6.53. The number of halogens is 2. The van der Waals surface area contributed by atoms with Crippen molar-refractivity contribution in [3.8, 4) is 0 Å². The molecule has 0 saturated carbocycles. The van der Waals surface area contributed by atoms with E-state index in [0.29, 0.717) is 16.6 Å². The van der Waals surface area contributed by atoms with E-state index in [9.17, 15) is 0 Å². The van der Waals surface area contributed by atoms with Gasteiger partial charge in [-0.1, -0.05) is 47.0 Å². The minimum absolute atomic E-state index is 0.655. The highest BCUT2D eigenvalue weighted by atomic mass is 35.5. The van der Waals surface area contributed by atoms with Crippen LogP contribution in [0.3, 0.4) is 0 Å². The Morgan fingerprint density at radius 3 is 2.36 bits per heavy atom. The number of hydrogen-bond acceptors (Lipinski definition) is 4. The maximum Gasteiger partial charge on any atom is 0.232 e. The third-order valence-corrected chi connectivity index (χ3v) is 7.01. The van der Waals surface area contributed by atoms with Gasteiger partial charge in [0.15, 0.2) is 0 Å². The molecule has 174 valence electrons. The summed E-state index contributed by atoms with van der Waals surface area (Å²) in [6.07, 6.45) is 3.25. The van der Waals surface area contributed by atoms with E-state index in [4.69, 9.17) is 33.2 Å². The fourth-order valence-corrected chi connectivity index (χ4v) is 5.43. The molecular formula is C27H32Cl2N4. The quantitative estimate of drug-likeness (QED) is 0.376. The topological polar surface area (TPSA) is 32.3 Å². The molecule has 4 rings (SSSR count). The van der Waals surface area contributed by atoms with Crippen molar-refractivity contribution in [2.75, 3.05) is 22.9 Å². The van der Waals surface area contributed by atoms with E-state index in [2.05, 4.69) is 56.6 Å². The molecule has 1 aliphatic rings. The molecule has 0 atom stereocenters. The summed E-state index contributed by atoms with van der Waals surface area (Å²) in [7, 11) is 0. The van der Waals surface area contributed by atoms with Crippen molar-refractivity contribution in [2.45, 2.75) is 60.4 Å². The van der Waals surface area contributed by atoms with E-state index in [1.807, 2.05) is 18.2 Å². The number of aryl methyl sites for hydroxylation is 4. The summed E-state index contributed by atoms with van der Waals surface area (Å²) in [4.78, 5) is 14.8. The Bertz CT molecular complexity index is 1150. The van der Waals surface area contributed by atoms with E-state index >= 15 is 0 Å². The van der Waals surface area contributed by atoms with Gasteiger partial charge in [0.25, 0.3) is 0 Å². The van der Waals surface area contributed by atoms with Gasteiger partial charge >= 0.3 is 0 Å². The molecule has 2 heterocycles. The fraction of sp³-hybridized carbons (Fsp3) is 0.407. The van der Waals surface area contributed by atoms with Crippen LogP contribution >= 0.6 is 23.2 Å². The monoisotopic (exact) mass is 482 g/mol. The first-order chi connectivity index (χ1) is 15.8. The molecule has 0 saturated heterocycles. The highest BCUT2D eigenvalue weighted by molar-refractivity contribution is 6.35. The van der Waals surface area contributed by atoms with Crippen molar-refractivity contribution >= 4 is 40.7 Å². The van der Waals surface area contributed by atoms with Gasteiger partial charge in [-0.05, 0) is 82.7 Å². The van der Waals surface area contributed by atoms with Gasteiger partial charge in [0.05, 0.1) is 0 Å². The van der Waals surface area contributed by atoms with Gasteiger partial charge < -0.3 is 9.80 Å². The van der Waals surface area contributed by atoms with Crippen LogP contribution in [0.1, 0.15) is 53.3 Å². The molecule has 1 aromatic heterocycles. The average Bonchev–Trinajstić information content (AvgIpc) is 2.95. The van der Waals surface area contributed by atoms with Crippen LogP contribution in [0.25, 0.3) is 0 Å². The zero-order valence-electron chi connectivity index (χ0n) is 20.2. The van der Waals surface area contributed by atoms with Crippen LogP contribution in [0.15, 0.2) is 30.3 Å². The predicted octanol–water partition coefficient (Wildman–Crippen LogP) is 7.52. The third-order valence-electron chi connectivity index (χ3n) is 6.42. The standard InChI is InChI=1S/C27H32Cl2N4/c1-6-33(25-18(3)13-17(2)14-19(25)4)27-30-20(5)23-9-7-8-12-32(26(23)31-27)16-21-10-11-22(28)15-24(21)29/h10-11,13-15H,6-9,12,16H2,1-5H3. The van der Waals surface area contributed by atoms with E-state index in [-0.39, 0.29) is 0 Å². The Hall–Kier alpha value is -2.30. The summed E-state index contributed by atoms with van der Waals surface area (Å²) in [5, 5.41) is 1.35. The van der Waals surface area contributed by atoms with Crippen LogP contribution < -0.4 is 9.80 Å². The van der Waals surface area contributed by atoms with Crippen molar-refractivity contribution in [2.24, 2.45) is 0 Å². The number of aromatic nitrogens is 2. The van der Waals surface area contributed by atoms with Crippen LogP contribution in [0, 0.1) is 27.7 Å². The number of nitrogens with zero attached hydrogens (tertiary/aromatic N) is 4. The zero-order valence-corrected chi connectivity index (χ0v) is 21.7. The van der Waals surface area contributed by atoms with E-state index in [0.717, 1.165) is 55.4 Å². The van der Waals surface area contributed by atoms with Crippen LogP contribution in [-0.4, -0.2) is 23.1 Å². The van der Waals surface area contributed by atoms with Crippen LogP contribution in [0.5, 0.6) is 0 Å². The molecule has 4 nitrogen and oxygen atoms in total. The smallest absolute Gasteiger partial charge is 0.232 e. The number of anilines is 3. The van der Waals surface area contributed by atoms with Crippen LogP contribution in [0.2, 0.25) is 10.0 Å².